The molecule has 0 aliphatic carbocycles. The first-order valence-corrected chi connectivity index (χ1v) is 7.33. The lowest BCUT2D eigenvalue weighted by Gasteiger charge is -2.07. The number of aryl methyl sites for hydroxylation is 1. The van der Waals surface area contributed by atoms with Gasteiger partial charge in [0.05, 0.1) is 29.7 Å². The number of benzene rings is 1. The molecule has 24 heavy (non-hydrogen) atoms. The molecular weight excluding hydrogens is 302 g/mol. The van der Waals surface area contributed by atoms with Crippen molar-refractivity contribution < 1.29 is 0 Å². The molecule has 0 aliphatic rings. The summed E-state index contributed by atoms with van der Waals surface area (Å²) in [5.74, 6) is 0.650. The van der Waals surface area contributed by atoms with Crippen molar-refractivity contribution in [1.29, 1.82) is 5.26 Å². The van der Waals surface area contributed by atoms with Crippen LogP contribution in [-0.2, 0) is 7.05 Å². The van der Waals surface area contributed by atoms with Gasteiger partial charge in [-0.2, -0.15) is 10.4 Å². The molecule has 7 nitrogen and oxygen atoms in total. The molecule has 1 aromatic carbocycles. The summed E-state index contributed by atoms with van der Waals surface area (Å²) in [6, 6.07) is 9.31. The summed E-state index contributed by atoms with van der Waals surface area (Å²) in [6.45, 7) is 0. The predicted molar refractivity (Wildman–Crippen MR) is 89.6 cm³/mol. The number of aromatic nitrogens is 5. The first kappa shape index (κ1) is 14.0. The quantitative estimate of drug-likeness (QED) is 0.628. The van der Waals surface area contributed by atoms with Crippen LogP contribution in [0.5, 0.6) is 0 Å². The Morgan fingerprint density at radius 1 is 1.12 bits per heavy atom. The average Bonchev–Trinajstić information content (AvgIpc) is 3.22. The van der Waals surface area contributed by atoms with Gasteiger partial charge in [-0.3, -0.25) is 9.08 Å². The molecule has 0 bridgehead atoms. The van der Waals surface area contributed by atoms with Crippen molar-refractivity contribution in [2.75, 3.05) is 5.32 Å². The summed E-state index contributed by atoms with van der Waals surface area (Å²) in [5, 5.41) is 16.3. The first-order chi connectivity index (χ1) is 11.7. The van der Waals surface area contributed by atoms with Crippen LogP contribution in [0, 0.1) is 11.3 Å². The average molecular weight is 315 g/mol. The second-order valence-electron chi connectivity index (χ2n) is 5.33. The summed E-state index contributed by atoms with van der Waals surface area (Å²) >= 11 is 0. The normalized spacial score (nSPS) is 10.7. The van der Waals surface area contributed by atoms with Crippen LogP contribution in [-0.4, -0.2) is 24.1 Å². The Morgan fingerprint density at radius 3 is 2.67 bits per heavy atom. The number of hydrogen-bond acceptors (Lipinski definition) is 5. The van der Waals surface area contributed by atoms with Crippen molar-refractivity contribution in [1.82, 2.24) is 24.1 Å². The third-order valence-corrected chi connectivity index (χ3v) is 3.71. The van der Waals surface area contributed by atoms with Gasteiger partial charge in [0.2, 0.25) is 0 Å². The van der Waals surface area contributed by atoms with Gasteiger partial charge < -0.3 is 5.32 Å². The fraction of sp³-hybridized carbons (Fsp3) is 0.0588. The molecule has 0 spiro atoms. The lowest BCUT2D eigenvalue weighted by atomic mass is 10.2. The maximum atomic E-state index is 8.87. The van der Waals surface area contributed by atoms with Crippen molar-refractivity contribution in [3.63, 3.8) is 0 Å². The molecule has 0 saturated heterocycles. The van der Waals surface area contributed by atoms with E-state index in [1.54, 1.807) is 35.4 Å². The number of anilines is 2. The van der Waals surface area contributed by atoms with Gasteiger partial charge in [-0.05, 0) is 24.3 Å². The molecule has 116 valence electrons. The summed E-state index contributed by atoms with van der Waals surface area (Å²) in [7, 11) is 1.88. The predicted octanol–water partition coefficient (Wildman–Crippen LogP) is 2.75. The maximum absolute atomic E-state index is 8.87. The Balaban J connectivity index is 1.74. The molecule has 3 aromatic heterocycles. The van der Waals surface area contributed by atoms with Gasteiger partial charge in [0.25, 0.3) is 0 Å². The number of nitrogens with zero attached hydrogens (tertiary/aromatic N) is 6. The van der Waals surface area contributed by atoms with Gasteiger partial charge in [-0.1, -0.05) is 0 Å². The second kappa shape index (κ2) is 5.52. The van der Waals surface area contributed by atoms with Crippen LogP contribution in [0.4, 0.5) is 11.5 Å². The maximum Gasteiger partial charge on any atom is 0.180 e. The molecule has 1 N–H and O–H groups in total. The second-order valence-corrected chi connectivity index (χ2v) is 5.33. The number of rotatable bonds is 3. The van der Waals surface area contributed by atoms with E-state index in [4.69, 9.17) is 5.26 Å². The van der Waals surface area contributed by atoms with Crippen molar-refractivity contribution in [2.45, 2.75) is 0 Å². The smallest absolute Gasteiger partial charge is 0.180 e. The van der Waals surface area contributed by atoms with Gasteiger partial charge >= 0.3 is 0 Å². The minimum absolute atomic E-state index is 0.617. The zero-order valence-electron chi connectivity index (χ0n) is 12.9. The van der Waals surface area contributed by atoms with E-state index in [9.17, 15) is 0 Å². The molecule has 3 heterocycles. The molecule has 0 radical (unpaired) electrons. The van der Waals surface area contributed by atoms with E-state index in [0.717, 1.165) is 22.6 Å². The summed E-state index contributed by atoms with van der Waals surface area (Å²) in [6.07, 6.45) is 9.14. The molecule has 4 aromatic rings. The minimum Gasteiger partial charge on any atom is -0.337 e. The van der Waals surface area contributed by atoms with Crippen LogP contribution < -0.4 is 5.32 Å². The Hall–Kier alpha value is -3.66. The van der Waals surface area contributed by atoms with Crippen molar-refractivity contribution in [2.24, 2.45) is 7.05 Å². The van der Waals surface area contributed by atoms with Gasteiger partial charge in [0.1, 0.15) is 0 Å². The lowest BCUT2D eigenvalue weighted by molar-refractivity contribution is 0.768. The van der Waals surface area contributed by atoms with Crippen LogP contribution in [0.3, 0.4) is 0 Å². The van der Waals surface area contributed by atoms with E-state index in [1.807, 2.05) is 36.0 Å². The summed E-state index contributed by atoms with van der Waals surface area (Å²) in [5.41, 5.74) is 4.12. The highest BCUT2D eigenvalue weighted by Gasteiger charge is 2.11. The van der Waals surface area contributed by atoms with E-state index in [0.29, 0.717) is 11.4 Å². The molecule has 0 unspecified atom stereocenters. The number of hydrogen-bond donors (Lipinski definition) is 1. The van der Waals surface area contributed by atoms with Crippen molar-refractivity contribution >= 4 is 17.2 Å². The molecule has 4 rings (SSSR count). The van der Waals surface area contributed by atoms with Crippen LogP contribution in [0.1, 0.15) is 5.56 Å². The van der Waals surface area contributed by atoms with Crippen LogP contribution >= 0.6 is 0 Å². The number of nitrogens with one attached hydrogen (secondary N) is 1. The molecule has 0 fully saturated rings. The first-order valence-electron chi connectivity index (χ1n) is 7.33. The largest absolute Gasteiger partial charge is 0.337 e. The molecule has 7 heteroatoms. The monoisotopic (exact) mass is 315 g/mol. The van der Waals surface area contributed by atoms with Gasteiger partial charge in [0, 0.05) is 36.9 Å². The minimum atomic E-state index is 0.617. The van der Waals surface area contributed by atoms with Crippen molar-refractivity contribution in [3.8, 4) is 17.3 Å². The Morgan fingerprint density at radius 2 is 1.96 bits per heavy atom. The standard InChI is InChI=1S/C17H13N7/c1-23-11-13(9-21-23)15-10-20-17-16(19-6-7-24(15)17)22-14-4-2-12(8-18)3-5-14/h2-7,9-11H,1H3,(H,19,22). The zero-order chi connectivity index (χ0) is 16.5. The fourth-order valence-electron chi connectivity index (χ4n) is 2.54. The van der Waals surface area contributed by atoms with E-state index in [2.05, 4.69) is 26.5 Å². The van der Waals surface area contributed by atoms with Gasteiger partial charge in [-0.25, -0.2) is 9.97 Å². The number of nitriles is 1. The van der Waals surface area contributed by atoms with Crippen molar-refractivity contribution in [3.05, 3.63) is 60.8 Å². The SMILES string of the molecule is Cn1cc(-c2cnc3c(Nc4ccc(C#N)cc4)nccn23)cn1. The lowest BCUT2D eigenvalue weighted by Crippen LogP contribution is -1.98. The highest BCUT2D eigenvalue weighted by molar-refractivity contribution is 5.74. The Labute approximate surface area is 137 Å². The Kier molecular flexibility index (Phi) is 3.21. The van der Waals surface area contributed by atoms with Crippen LogP contribution in [0.2, 0.25) is 0 Å². The van der Waals surface area contributed by atoms with E-state index in [-0.39, 0.29) is 0 Å². The highest BCUT2D eigenvalue weighted by atomic mass is 15.2. The highest BCUT2D eigenvalue weighted by Crippen LogP contribution is 2.24. The van der Waals surface area contributed by atoms with E-state index in [1.165, 1.54) is 0 Å². The molecular formula is C17H13N7. The Bertz CT molecular complexity index is 1050. The number of imidazole rings is 1. The topological polar surface area (TPSA) is 83.8 Å². The van der Waals surface area contributed by atoms with Crippen LogP contribution in [0.15, 0.2) is 55.2 Å². The zero-order valence-corrected chi connectivity index (χ0v) is 12.9. The summed E-state index contributed by atoms with van der Waals surface area (Å²) < 4.78 is 3.72. The molecule has 0 aliphatic heterocycles. The molecule has 0 amide bonds. The third-order valence-electron chi connectivity index (χ3n) is 3.71. The fourth-order valence-corrected chi connectivity index (χ4v) is 2.54. The van der Waals surface area contributed by atoms with E-state index < -0.39 is 0 Å². The van der Waals surface area contributed by atoms with Gasteiger partial charge in [-0.15, -0.1) is 0 Å². The van der Waals surface area contributed by atoms with Crippen LogP contribution in [0.25, 0.3) is 16.9 Å². The molecule has 0 saturated carbocycles. The summed E-state index contributed by atoms with van der Waals surface area (Å²) in [4.78, 5) is 8.86. The van der Waals surface area contributed by atoms with E-state index >= 15 is 0 Å². The third kappa shape index (κ3) is 2.36. The molecule has 0 atom stereocenters. The van der Waals surface area contributed by atoms with Gasteiger partial charge in [0.15, 0.2) is 11.5 Å². The number of fused-ring (bicyclic) bond motifs is 1.